The summed E-state index contributed by atoms with van der Waals surface area (Å²) in [4.78, 5) is 17.5. The number of Topliss-reactive ketones (excluding diaryl/α,β-unsaturated/α-hetero) is 1. The summed E-state index contributed by atoms with van der Waals surface area (Å²) in [7, 11) is 5.72. The number of benzene rings is 2. The van der Waals surface area contributed by atoms with Crippen LogP contribution in [0, 0.1) is 0 Å². The summed E-state index contributed by atoms with van der Waals surface area (Å²) < 4.78 is 5.20. The average molecular weight is 415 g/mol. The Labute approximate surface area is 180 Å². The van der Waals surface area contributed by atoms with Crippen LogP contribution in [0.25, 0.3) is 0 Å². The Balaban J connectivity index is 2.12. The maximum atomic E-state index is 12.9. The van der Waals surface area contributed by atoms with Crippen LogP contribution in [0.2, 0.25) is 0 Å². The van der Waals surface area contributed by atoms with Gasteiger partial charge < -0.3 is 14.5 Å². The lowest BCUT2D eigenvalue weighted by molar-refractivity contribution is 0.0982. The number of thioether (sulfide) groups is 1. The fourth-order valence-corrected chi connectivity index (χ4v) is 4.45. The predicted molar refractivity (Wildman–Crippen MR) is 126 cm³/mol. The first-order valence-electron chi connectivity index (χ1n) is 10.3. The number of carbonyl (C=O) groups is 1. The molecule has 4 nitrogen and oxygen atoms in total. The van der Waals surface area contributed by atoms with Crippen LogP contribution in [0.15, 0.2) is 48.5 Å². The van der Waals surface area contributed by atoms with E-state index in [1.807, 2.05) is 50.1 Å². The molecule has 1 atom stereocenters. The molecular formula is C24H34N2O2S. The van der Waals surface area contributed by atoms with E-state index in [-0.39, 0.29) is 11.0 Å². The number of carbonyl (C=O) groups excluding carboxylic acids is 1. The number of ketones is 1. The van der Waals surface area contributed by atoms with Crippen molar-refractivity contribution >= 4 is 23.2 Å². The number of nitrogens with zero attached hydrogens (tertiary/aromatic N) is 2. The maximum Gasteiger partial charge on any atom is 0.164 e. The van der Waals surface area contributed by atoms with E-state index in [1.165, 1.54) is 11.3 Å². The monoisotopic (exact) mass is 414 g/mol. The third-order valence-electron chi connectivity index (χ3n) is 5.19. The van der Waals surface area contributed by atoms with E-state index in [9.17, 15) is 4.79 Å². The second-order valence-corrected chi connectivity index (χ2v) is 8.54. The molecule has 0 N–H and O–H groups in total. The number of rotatable bonds is 12. The van der Waals surface area contributed by atoms with Gasteiger partial charge in [-0.3, -0.25) is 4.79 Å². The van der Waals surface area contributed by atoms with Crippen molar-refractivity contribution in [2.45, 2.75) is 25.5 Å². The van der Waals surface area contributed by atoms with Gasteiger partial charge in [0.15, 0.2) is 5.78 Å². The van der Waals surface area contributed by atoms with Gasteiger partial charge in [0.25, 0.3) is 0 Å². The summed E-state index contributed by atoms with van der Waals surface area (Å²) in [6, 6.07) is 16.0. The highest BCUT2D eigenvalue weighted by molar-refractivity contribution is 7.99. The third-order valence-corrected chi connectivity index (χ3v) is 6.44. The summed E-state index contributed by atoms with van der Waals surface area (Å²) in [6.45, 7) is 7.55. The van der Waals surface area contributed by atoms with Gasteiger partial charge in [0, 0.05) is 49.3 Å². The second-order valence-electron chi connectivity index (χ2n) is 7.23. The molecule has 0 amide bonds. The highest BCUT2D eigenvalue weighted by Crippen LogP contribution is 2.34. The molecule has 0 saturated heterocycles. The van der Waals surface area contributed by atoms with Crippen molar-refractivity contribution in [3.8, 4) is 5.75 Å². The number of methoxy groups -OCH3 is 1. The minimum atomic E-state index is 0.149. The first-order valence-corrected chi connectivity index (χ1v) is 11.3. The Morgan fingerprint density at radius 2 is 1.62 bits per heavy atom. The highest BCUT2D eigenvalue weighted by atomic mass is 32.2. The van der Waals surface area contributed by atoms with Crippen LogP contribution < -0.4 is 9.64 Å². The minimum absolute atomic E-state index is 0.149. The van der Waals surface area contributed by atoms with Gasteiger partial charge in [-0.15, -0.1) is 0 Å². The van der Waals surface area contributed by atoms with Gasteiger partial charge in [-0.05, 0) is 55.1 Å². The molecule has 158 valence electrons. The van der Waals surface area contributed by atoms with Gasteiger partial charge in [-0.2, -0.15) is 11.8 Å². The zero-order valence-corrected chi connectivity index (χ0v) is 19.2. The Morgan fingerprint density at radius 1 is 1.00 bits per heavy atom. The van der Waals surface area contributed by atoms with Crippen molar-refractivity contribution in [2.75, 3.05) is 51.5 Å². The van der Waals surface area contributed by atoms with Crippen LogP contribution in [0.4, 0.5) is 5.69 Å². The molecule has 0 heterocycles. The zero-order chi connectivity index (χ0) is 21.2. The number of anilines is 1. The zero-order valence-electron chi connectivity index (χ0n) is 18.4. The topological polar surface area (TPSA) is 32.8 Å². The van der Waals surface area contributed by atoms with Gasteiger partial charge in [0.1, 0.15) is 5.75 Å². The molecule has 0 aliphatic heterocycles. The molecule has 0 saturated carbocycles. The van der Waals surface area contributed by atoms with E-state index in [1.54, 1.807) is 7.11 Å². The van der Waals surface area contributed by atoms with E-state index in [2.05, 4.69) is 47.9 Å². The van der Waals surface area contributed by atoms with Crippen molar-refractivity contribution < 1.29 is 9.53 Å². The average Bonchev–Trinajstić information content (AvgIpc) is 2.76. The molecule has 2 aromatic rings. The van der Waals surface area contributed by atoms with E-state index >= 15 is 0 Å². The third kappa shape index (κ3) is 7.09. The maximum absolute atomic E-state index is 12.9. The van der Waals surface area contributed by atoms with Gasteiger partial charge in [0.2, 0.25) is 0 Å². The van der Waals surface area contributed by atoms with Crippen LogP contribution in [0.1, 0.15) is 41.4 Å². The van der Waals surface area contributed by atoms with E-state index in [0.29, 0.717) is 6.42 Å². The Bertz CT molecular complexity index is 740. The minimum Gasteiger partial charge on any atom is -0.497 e. The fraction of sp³-hybridized carbons (Fsp3) is 0.458. The molecule has 0 unspecified atom stereocenters. The molecule has 0 radical (unpaired) electrons. The molecule has 5 heteroatoms. The normalized spacial score (nSPS) is 12.1. The van der Waals surface area contributed by atoms with Gasteiger partial charge in [-0.1, -0.05) is 26.0 Å². The Hall–Kier alpha value is -1.98. The summed E-state index contributed by atoms with van der Waals surface area (Å²) in [6.07, 6.45) is 0.497. The van der Waals surface area contributed by atoms with Gasteiger partial charge in [0.05, 0.1) is 7.11 Å². The van der Waals surface area contributed by atoms with E-state index in [4.69, 9.17) is 4.74 Å². The van der Waals surface area contributed by atoms with Crippen molar-refractivity contribution in [3.05, 3.63) is 59.7 Å². The summed E-state index contributed by atoms with van der Waals surface area (Å²) in [5, 5.41) is 0.149. The van der Waals surface area contributed by atoms with Crippen molar-refractivity contribution in [1.82, 2.24) is 4.90 Å². The standard InChI is InChI=1S/C24H34N2O2S/c1-6-26(7-2)16-17-29-24(20-8-12-21(13-9-20)25(3)4)18-23(27)19-10-14-22(28-5)15-11-19/h8-15,24H,6-7,16-18H2,1-5H3/t24-/m0/s1. The predicted octanol–water partition coefficient (Wildman–Crippen LogP) is 5.15. The Kier molecular flexibility index (Phi) is 9.55. The lowest BCUT2D eigenvalue weighted by Crippen LogP contribution is -2.25. The number of ether oxygens (including phenoxy) is 1. The molecular weight excluding hydrogens is 380 g/mol. The fourth-order valence-electron chi connectivity index (χ4n) is 3.19. The summed E-state index contributed by atoms with van der Waals surface area (Å²) >= 11 is 1.88. The molecule has 0 spiro atoms. The first-order chi connectivity index (χ1) is 14.0. The SMILES string of the molecule is CCN(CC)CCS[C@@H](CC(=O)c1ccc(OC)cc1)c1ccc(N(C)C)cc1. The largest absolute Gasteiger partial charge is 0.497 e. The quantitative estimate of drug-likeness (QED) is 0.449. The molecule has 29 heavy (non-hydrogen) atoms. The number of hydrogen-bond acceptors (Lipinski definition) is 5. The van der Waals surface area contributed by atoms with Crippen LogP contribution in [0.3, 0.4) is 0 Å². The van der Waals surface area contributed by atoms with Crippen LogP contribution in [-0.2, 0) is 0 Å². The van der Waals surface area contributed by atoms with Crippen LogP contribution in [-0.4, -0.2) is 57.3 Å². The number of hydrogen-bond donors (Lipinski definition) is 0. The van der Waals surface area contributed by atoms with Crippen molar-refractivity contribution in [1.29, 1.82) is 0 Å². The molecule has 2 aromatic carbocycles. The van der Waals surface area contributed by atoms with E-state index < -0.39 is 0 Å². The van der Waals surface area contributed by atoms with Crippen molar-refractivity contribution in [3.63, 3.8) is 0 Å². The Morgan fingerprint density at radius 3 is 2.14 bits per heavy atom. The van der Waals surface area contributed by atoms with Crippen molar-refractivity contribution in [2.24, 2.45) is 0 Å². The lowest BCUT2D eigenvalue weighted by atomic mass is 10.0. The summed E-state index contributed by atoms with van der Waals surface area (Å²) in [5.74, 6) is 1.95. The van der Waals surface area contributed by atoms with Crippen LogP contribution in [0.5, 0.6) is 5.75 Å². The lowest BCUT2D eigenvalue weighted by Gasteiger charge is -2.22. The molecule has 0 aromatic heterocycles. The van der Waals surface area contributed by atoms with Crippen LogP contribution >= 0.6 is 11.8 Å². The van der Waals surface area contributed by atoms with Gasteiger partial charge in [-0.25, -0.2) is 0 Å². The second kappa shape index (κ2) is 11.9. The molecule has 0 bridgehead atoms. The smallest absolute Gasteiger partial charge is 0.164 e. The van der Waals surface area contributed by atoms with Gasteiger partial charge >= 0.3 is 0 Å². The molecule has 0 aliphatic rings. The molecule has 0 aliphatic carbocycles. The first kappa shape index (κ1) is 23.3. The highest BCUT2D eigenvalue weighted by Gasteiger charge is 2.18. The summed E-state index contributed by atoms with van der Waals surface area (Å²) in [5.41, 5.74) is 3.12. The molecule has 2 rings (SSSR count). The molecule has 0 fully saturated rings. The van der Waals surface area contributed by atoms with E-state index in [0.717, 1.165) is 36.7 Å².